The van der Waals surface area contributed by atoms with Crippen molar-refractivity contribution >= 4 is 21.7 Å². The molecule has 0 bridgehead atoms. The maximum atomic E-state index is 13.5. The summed E-state index contributed by atoms with van der Waals surface area (Å²) >= 11 is 3.22. The van der Waals surface area contributed by atoms with E-state index in [0.29, 0.717) is 16.2 Å². The van der Waals surface area contributed by atoms with Crippen LogP contribution in [-0.4, -0.2) is 10.8 Å². The smallest absolute Gasteiger partial charge is 0.213 e. The van der Waals surface area contributed by atoms with Gasteiger partial charge < -0.3 is 0 Å². The van der Waals surface area contributed by atoms with E-state index < -0.39 is 17.5 Å². The van der Waals surface area contributed by atoms with Gasteiger partial charge in [0.25, 0.3) is 0 Å². The molecule has 0 aliphatic rings. The van der Waals surface area contributed by atoms with E-state index in [1.54, 1.807) is 12.1 Å². The summed E-state index contributed by atoms with van der Waals surface area (Å²) in [5, 5.41) is 0. The Balaban J connectivity index is 2.54. The molecule has 0 saturated heterocycles. The van der Waals surface area contributed by atoms with Crippen LogP contribution in [0.2, 0.25) is 0 Å². The second-order valence-corrected chi connectivity index (χ2v) is 4.65. The van der Waals surface area contributed by atoms with E-state index in [0.717, 1.165) is 11.6 Å². The first kappa shape index (κ1) is 12.8. The fraction of sp³-hybridized carbons (Fsp3) is 0.0769. The van der Waals surface area contributed by atoms with Crippen LogP contribution >= 0.6 is 15.9 Å². The molecule has 1 heterocycles. The molecule has 0 aliphatic carbocycles. The van der Waals surface area contributed by atoms with E-state index in [1.807, 2.05) is 13.0 Å². The van der Waals surface area contributed by atoms with Crippen LogP contribution in [0, 0.1) is 18.7 Å². The third-order valence-corrected chi connectivity index (χ3v) is 3.12. The minimum absolute atomic E-state index is 0.291. The summed E-state index contributed by atoms with van der Waals surface area (Å²) in [5.74, 6) is -2.30. The number of hydrogen-bond donors (Lipinski definition) is 0. The summed E-state index contributed by atoms with van der Waals surface area (Å²) in [7, 11) is 0. The zero-order chi connectivity index (χ0) is 13.3. The summed E-state index contributed by atoms with van der Waals surface area (Å²) in [4.78, 5) is 15.3. The first-order valence-electron chi connectivity index (χ1n) is 5.11. The second-order valence-electron chi connectivity index (χ2n) is 3.80. The maximum Gasteiger partial charge on any atom is 0.213 e. The first-order chi connectivity index (χ1) is 8.49. The lowest BCUT2D eigenvalue weighted by Gasteiger charge is -2.06. The first-order valence-corrected chi connectivity index (χ1v) is 5.90. The average Bonchev–Trinajstić information content (AvgIpc) is 2.34. The van der Waals surface area contributed by atoms with Gasteiger partial charge in [-0.05, 0) is 19.1 Å². The zero-order valence-corrected chi connectivity index (χ0v) is 11.0. The molecule has 2 nitrogen and oxygen atoms in total. The number of carbonyl (C=O) groups is 1. The molecule has 0 fully saturated rings. The quantitative estimate of drug-likeness (QED) is 0.626. The van der Waals surface area contributed by atoms with E-state index in [9.17, 15) is 13.6 Å². The number of hydrogen-bond acceptors (Lipinski definition) is 2. The van der Waals surface area contributed by atoms with E-state index in [2.05, 4.69) is 20.9 Å². The number of rotatable bonds is 2. The molecule has 18 heavy (non-hydrogen) atoms. The standard InChI is InChI=1S/C13H8BrF2NO/c1-7-2-3-10(14)8(4-7)13(18)9-5-12(16)17-6-11(9)15/h2-6H,1H3. The molecular weight excluding hydrogens is 304 g/mol. The Kier molecular flexibility index (Phi) is 3.52. The van der Waals surface area contributed by atoms with E-state index in [4.69, 9.17) is 0 Å². The normalized spacial score (nSPS) is 10.4. The number of benzene rings is 1. The third-order valence-electron chi connectivity index (χ3n) is 2.43. The van der Waals surface area contributed by atoms with Gasteiger partial charge in [-0.2, -0.15) is 4.39 Å². The van der Waals surface area contributed by atoms with Crippen molar-refractivity contribution in [1.29, 1.82) is 0 Å². The number of pyridine rings is 1. The molecule has 1 aromatic heterocycles. The zero-order valence-electron chi connectivity index (χ0n) is 9.38. The van der Waals surface area contributed by atoms with Crippen LogP contribution in [0.25, 0.3) is 0 Å². The van der Waals surface area contributed by atoms with Crippen molar-refractivity contribution in [3.05, 3.63) is 63.4 Å². The largest absolute Gasteiger partial charge is 0.288 e. The summed E-state index contributed by atoms with van der Waals surface area (Å²) in [5.41, 5.74) is 0.824. The van der Waals surface area contributed by atoms with Gasteiger partial charge in [0.1, 0.15) is 0 Å². The van der Waals surface area contributed by atoms with Crippen LogP contribution < -0.4 is 0 Å². The predicted octanol–water partition coefficient (Wildman–Crippen LogP) is 3.66. The van der Waals surface area contributed by atoms with Gasteiger partial charge in [0, 0.05) is 16.1 Å². The van der Waals surface area contributed by atoms with Crippen LogP contribution in [0.4, 0.5) is 8.78 Å². The number of halogens is 3. The number of nitrogens with zero attached hydrogens (tertiary/aromatic N) is 1. The van der Waals surface area contributed by atoms with Crippen LogP contribution in [0.1, 0.15) is 21.5 Å². The van der Waals surface area contributed by atoms with Crippen molar-refractivity contribution in [3.63, 3.8) is 0 Å². The molecule has 2 rings (SSSR count). The molecule has 0 N–H and O–H groups in total. The Labute approximate surface area is 111 Å². The highest BCUT2D eigenvalue weighted by molar-refractivity contribution is 9.10. The monoisotopic (exact) mass is 311 g/mol. The highest BCUT2D eigenvalue weighted by atomic mass is 79.9. The van der Waals surface area contributed by atoms with Crippen molar-refractivity contribution in [3.8, 4) is 0 Å². The molecule has 1 aromatic carbocycles. The van der Waals surface area contributed by atoms with Gasteiger partial charge in [-0.1, -0.05) is 27.6 Å². The van der Waals surface area contributed by atoms with Crippen molar-refractivity contribution in [1.82, 2.24) is 4.98 Å². The molecule has 0 aliphatic heterocycles. The van der Waals surface area contributed by atoms with Crippen molar-refractivity contribution in [2.45, 2.75) is 6.92 Å². The molecule has 5 heteroatoms. The van der Waals surface area contributed by atoms with Gasteiger partial charge in [0.2, 0.25) is 5.95 Å². The Morgan fingerprint density at radius 3 is 2.67 bits per heavy atom. The molecule has 0 unspecified atom stereocenters. The number of carbonyl (C=O) groups excluding carboxylic acids is 1. The van der Waals surface area contributed by atoms with E-state index >= 15 is 0 Å². The average molecular weight is 312 g/mol. The van der Waals surface area contributed by atoms with Gasteiger partial charge in [-0.3, -0.25) is 4.79 Å². The van der Waals surface area contributed by atoms with E-state index in [-0.39, 0.29) is 5.56 Å². The lowest BCUT2D eigenvalue weighted by atomic mass is 10.0. The van der Waals surface area contributed by atoms with Crippen molar-refractivity contribution in [2.24, 2.45) is 0 Å². The summed E-state index contributed by atoms with van der Waals surface area (Å²) < 4.78 is 27.0. The summed E-state index contributed by atoms with van der Waals surface area (Å²) in [6.07, 6.45) is 0.701. The number of ketones is 1. The molecular formula is C13H8BrF2NO. The molecule has 0 amide bonds. The van der Waals surface area contributed by atoms with Crippen molar-refractivity contribution < 1.29 is 13.6 Å². The SMILES string of the molecule is Cc1ccc(Br)c(C(=O)c2cc(F)ncc2F)c1. The van der Waals surface area contributed by atoms with Crippen LogP contribution in [0.3, 0.4) is 0 Å². The third kappa shape index (κ3) is 2.46. The molecule has 0 saturated carbocycles. The molecule has 0 radical (unpaired) electrons. The highest BCUT2D eigenvalue weighted by Crippen LogP contribution is 2.22. The molecule has 0 atom stereocenters. The maximum absolute atomic E-state index is 13.5. The minimum Gasteiger partial charge on any atom is -0.288 e. The lowest BCUT2D eigenvalue weighted by Crippen LogP contribution is -2.07. The predicted molar refractivity (Wildman–Crippen MR) is 66.5 cm³/mol. The van der Waals surface area contributed by atoms with Crippen molar-refractivity contribution in [2.75, 3.05) is 0 Å². The molecule has 92 valence electrons. The van der Waals surface area contributed by atoms with E-state index in [1.165, 1.54) is 0 Å². The second kappa shape index (κ2) is 4.94. The van der Waals surface area contributed by atoms with Crippen LogP contribution in [-0.2, 0) is 0 Å². The number of aromatic nitrogens is 1. The lowest BCUT2D eigenvalue weighted by molar-refractivity contribution is 0.103. The molecule has 2 aromatic rings. The topological polar surface area (TPSA) is 30.0 Å². The fourth-order valence-corrected chi connectivity index (χ4v) is 1.97. The fourth-order valence-electron chi connectivity index (χ4n) is 1.55. The van der Waals surface area contributed by atoms with Crippen LogP contribution in [0.5, 0.6) is 0 Å². The highest BCUT2D eigenvalue weighted by Gasteiger charge is 2.18. The minimum atomic E-state index is -0.886. The number of aryl methyl sites for hydroxylation is 1. The summed E-state index contributed by atoms with van der Waals surface area (Å²) in [6, 6.07) is 5.92. The van der Waals surface area contributed by atoms with Crippen LogP contribution in [0.15, 0.2) is 34.9 Å². The van der Waals surface area contributed by atoms with Gasteiger partial charge in [-0.25, -0.2) is 9.37 Å². The van der Waals surface area contributed by atoms with Gasteiger partial charge in [-0.15, -0.1) is 0 Å². The molecule has 0 spiro atoms. The van der Waals surface area contributed by atoms with Gasteiger partial charge >= 0.3 is 0 Å². The van der Waals surface area contributed by atoms with Gasteiger partial charge in [0.05, 0.1) is 11.8 Å². The summed E-state index contributed by atoms with van der Waals surface area (Å²) in [6.45, 7) is 1.81. The Hall–Kier alpha value is -1.62. The Morgan fingerprint density at radius 1 is 1.22 bits per heavy atom. The van der Waals surface area contributed by atoms with Gasteiger partial charge in [0.15, 0.2) is 11.6 Å². The Bertz CT molecular complexity index is 575. The Morgan fingerprint density at radius 2 is 1.94 bits per heavy atom.